The molecule has 21 heavy (non-hydrogen) atoms. The van der Waals surface area contributed by atoms with E-state index in [1.807, 2.05) is 7.05 Å². The summed E-state index contributed by atoms with van der Waals surface area (Å²) in [6.45, 7) is 0. The van der Waals surface area contributed by atoms with Crippen LogP contribution in [0.15, 0.2) is 0 Å². The molecule has 0 spiro atoms. The highest BCUT2D eigenvalue weighted by atomic mass is 15.0. The van der Waals surface area contributed by atoms with Gasteiger partial charge in [-0.15, -0.1) is 0 Å². The molecule has 2 aliphatic carbocycles. The maximum absolute atomic E-state index is 5.03. The SMILES string of the molecule is CNc1nc(C2CCCCCCC2)nc2c1CCCCC2. The minimum atomic E-state index is 0.589. The Balaban J connectivity index is 1.89. The van der Waals surface area contributed by atoms with Crippen LogP contribution in [0.2, 0.25) is 0 Å². The molecule has 1 heterocycles. The van der Waals surface area contributed by atoms with Crippen molar-refractivity contribution in [1.29, 1.82) is 0 Å². The molecular weight excluding hydrogens is 258 g/mol. The number of hydrogen-bond donors (Lipinski definition) is 1. The molecule has 0 radical (unpaired) electrons. The summed E-state index contributed by atoms with van der Waals surface area (Å²) in [6.07, 6.45) is 15.6. The van der Waals surface area contributed by atoms with Crippen molar-refractivity contribution in [3.05, 3.63) is 17.1 Å². The third-order valence-electron chi connectivity index (χ3n) is 5.16. The molecule has 3 rings (SSSR count). The van der Waals surface area contributed by atoms with Gasteiger partial charge in [0.2, 0.25) is 0 Å². The Hall–Kier alpha value is -1.12. The van der Waals surface area contributed by atoms with Crippen LogP contribution in [0.3, 0.4) is 0 Å². The summed E-state index contributed by atoms with van der Waals surface area (Å²) in [7, 11) is 2.01. The van der Waals surface area contributed by atoms with Gasteiger partial charge in [-0.1, -0.05) is 38.5 Å². The minimum Gasteiger partial charge on any atom is -0.373 e. The second kappa shape index (κ2) is 7.24. The first-order valence-electron chi connectivity index (χ1n) is 8.96. The zero-order valence-corrected chi connectivity index (χ0v) is 13.5. The molecule has 0 bridgehead atoms. The quantitative estimate of drug-likeness (QED) is 0.807. The molecule has 0 amide bonds. The lowest BCUT2D eigenvalue weighted by Gasteiger charge is -2.21. The van der Waals surface area contributed by atoms with E-state index in [-0.39, 0.29) is 0 Å². The third kappa shape index (κ3) is 3.56. The number of anilines is 1. The molecule has 0 saturated heterocycles. The Kier molecular flexibility index (Phi) is 5.10. The van der Waals surface area contributed by atoms with Crippen molar-refractivity contribution in [2.45, 2.75) is 83.0 Å². The Morgan fingerprint density at radius 2 is 1.48 bits per heavy atom. The van der Waals surface area contributed by atoms with E-state index >= 15 is 0 Å². The first kappa shape index (κ1) is 14.8. The normalized spacial score (nSPS) is 21.0. The topological polar surface area (TPSA) is 37.8 Å². The van der Waals surface area contributed by atoms with E-state index in [2.05, 4.69) is 5.32 Å². The molecule has 0 unspecified atom stereocenters. The van der Waals surface area contributed by atoms with Crippen molar-refractivity contribution in [1.82, 2.24) is 9.97 Å². The number of aromatic nitrogens is 2. The highest BCUT2D eigenvalue weighted by Crippen LogP contribution is 2.32. The van der Waals surface area contributed by atoms with Crippen LogP contribution in [0.5, 0.6) is 0 Å². The second-order valence-electron chi connectivity index (χ2n) is 6.71. The van der Waals surface area contributed by atoms with E-state index in [0.717, 1.165) is 24.5 Å². The smallest absolute Gasteiger partial charge is 0.134 e. The number of aryl methyl sites for hydroxylation is 1. The number of nitrogens with one attached hydrogen (secondary N) is 1. The summed E-state index contributed by atoms with van der Waals surface area (Å²) in [6, 6.07) is 0. The average Bonchev–Trinajstić information content (AvgIpc) is 2.71. The lowest BCUT2D eigenvalue weighted by Crippen LogP contribution is -2.13. The summed E-state index contributed by atoms with van der Waals surface area (Å²) in [5.74, 6) is 2.83. The Morgan fingerprint density at radius 1 is 0.810 bits per heavy atom. The standard InChI is InChI=1S/C18H29N3/c1-19-18-15-12-8-5-9-13-16(15)20-17(21-18)14-10-6-3-2-4-7-11-14/h14H,2-13H2,1H3,(H,19,20,21). The highest BCUT2D eigenvalue weighted by molar-refractivity contribution is 5.47. The molecule has 1 fully saturated rings. The molecule has 1 N–H and O–H groups in total. The van der Waals surface area contributed by atoms with E-state index in [9.17, 15) is 0 Å². The fourth-order valence-electron chi connectivity index (χ4n) is 3.89. The van der Waals surface area contributed by atoms with Gasteiger partial charge in [-0.25, -0.2) is 9.97 Å². The van der Waals surface area contributed by atoms with Gasteiger partial charge in [-0.3, -0.25) is 0 Å². The van der Waals surface area contributed by atoms with Crippen LogP contribution >= 0.6 is 0 Å². The molecule has 2 aliphatic rings. The molecule has 1 aromatic heterocycles. The van der Waals surface area contributed by atoms with Gasteiger partial charge >= 0.3 is 0 Å². The zero-order chi connectivity index (χ0) is 14.5. The molecular formula is C18H29N3. The summed E-state index contributed by atoms with van der Waals surface area (Å²) in [5, 5.41) is 3.34. The lowest BCUT2D eigenvalue weighted by molar-refractivity contribution is 0.441. The molecule has 0 aliphatic heterocycles. The van der Waals surface area contributed by atoms with Gasteiger partial charge in [0, 0.05) is 24.2 Å². The van der Waals surface area contributed by atoms with Crippen LogP contribution in [-0.4, -0.2) is 17.0 Å². The summed E-state index contributed by atoms with van der Waals surface area (Å²) in [5.41, 5.74) is 2.73. The number of rotatable bonds is 2. The van der Waals surface area contributed by atoms with Crippen LogP contribution in [0.4, 0.5) is 5.82 Å². The summed E-state index contributed by atoms with van der Waals surface area (Å²) < 4.78 is 0. The first-order valence-corrected chi connectivity index (χ1v) is 8.96. The van der Waals surface area contributed by atoms with Crippen LogP contribution in [0.25, 0.3) is 0 Å². The minimum absolute atomic E-state index is 0.589. The van der Waals surface area contributed by atoms with Crippen molar-refractivity contribution in [3.8, 4) is 0 Å². The lowest BCUT2D eigenvalue weighted by atomic mass is 9.90. The van der Waals surface area contributed by atoms with Crippen molar-refractivity contribution in [3.63, 3.8) is 0 Å². The van der Waals surface area contributed by atoms with Gasteiger partial charge in [0.1, 0.15) is 11.6 Å². The van der Waals surface area contributed by atoms with E-state index in [1.165, 1.54) is 75.5 Å². The van der Waals surface area contributed by atoms with Gasteiger partial charge in [0.05, 0.1) is 0 Å². The van der Waals surface area contributed by atoms with Crippen LogP contribution in [0, 0.1) is 0 Å². The van der Waals surface area contributed by atoms with Gasteiger partial charge in [0.25, 0.3) is 0 Å². The highest BCUT2D eigenvalue weighted by Gasteiger charge is 2.21. The van der Waals surface area contributed by atoms with Crippen LogP contribution in [0.1, 0.15) is 87.2 Å². The molecule has 3 nitrogen and oxygen atoms in total. The monoisotopic (exact) mass is 287 g/mol. The summed E-state index contributed by atoms with van der Waals surface area (Å²) >= 11 is 0. The third-order valence-corrected chi connectivity index (χ3v) is 5.16. The predicted molar refractivity (Wildman–Crippen MR) is 87.9 cm³/mol. The van der Waals surface area contributed by atoms with Gasteiger partial charge in [-0.05, 0) is 38.5 Å². The Labute approximate surface area is 129 Å². The predicted octanol–water partition coefficient (Wildman–Crippen LogP) is 4.62. The van der Waals surface area contributed by atoms with Gasteiger partial charge < -0.3 is 5.32 Å². The van der Waals surface area contributed by atoms with Gasteiger partial charge in [0.15, 0.2) is 0 Å². The van der Waals surface area contributed by atoms with Crippen LogP contribution < -0.4 is 5.32 Å². The Morgan fingerprint density at radius 3 is 2.24 bits per heavy atom. The van der Waals surface area contributed by atoms with Gasteiger partial charge in [-0.2, -0.15) is 0 Å². The fourth-order valence-corrected chi connectivity index (χ4v) is 3.89. The van der Waals surface area contributed by atoms with Crippen molar-refractivity contribution < 1.29 is 0 Å². The van der Waals surface area contributed by atoms with Crippen molar-refractivity contribution >= 4 is 5.82 Å². The largest absolute Gasteiger partial charge is 0.373 e. The zero-order valence-electron chi connectivity index (χ0n) is 13.5. The number of fused-ring (bicyclic) bond motifs is 1. The van der Waals surface area contributed by atoms with Crippen molar-refractivity contribution in [2.75, 3.05) is 12.4 Å². The van der Waals surface area contributed by atoms with E-state index in [1.54, 1.807) is 0 Å². The number of nitrogens with zero attached hydrogens (tertiary/aromatic N) is 2. The second-order valence-corrected chi connectivity index (χ2v) is 6.71. The van der Waals surface area contributed by atoms with E-state index in [0.29, 0.717) is 5.92 Å². The maximum atomic E-state index is 5.03. The van der Waals surface area contributed by atoms with Crippen LogP contribution in [-0.2, 0) is 12.8 Å². The molecule has 1 saturated carbocycles. The molecule has 3 heteroatoms. The fraction of sp³-hybridized carbons (Fsp3) is 0.778. The van der Waals surface area contributed by atoms with E-state index < -0.39 is 0 Å². The molecule has 0 aromatic carbocycles. The average molecular weight is 287 g/mol. The summed E-state index contributed by atoms with van der Waals surface area (Å²) in [4.78, 5) is 9.95. The molecule has 1 aromatic rings. The maximum Gasteiger partial charge on any atom is 0.134 e. The number of hydrogen-bond acceptors (Lipinski definition) is 3. The Bertz CT molecular complexity index is 462. The van der Waals surface area contributed by atoms with Crippen molar-refractivity contribution in [2.24, 2.45) is 0 Å². The van der Waals surface area contributed by atoms with E-state index in [4.69, 9.17) is 9.97 Å². The molecule has 0 atom stereocenters. The first-order chi connectivity index (χ1) is 10.4. The molecule has 116 valence electrons.